The van der Waals surface area contributed by atoms with Crippen LogP contribution >= 0.6 is 0 Å². The minimum atomic E-state index is -0.520. The fourth-order valence-corrected chi connectivity index (χ4v) is 4.01. The van der Waals surface area contributed by atoms with E-state index in [0.29, 0.717) is 6.54 Å². The molecule has 4 heteroatoms. The Labute approximate surface area is 203 Å². The van der Waals surface area contributed by atoms with E-state index in [9.17, 15) is 9.59 Å². The zero-order valence-electron chi connectivity index (χ0n) is 21.3. The standard InChI is InChI=1S/C28H29NO3.C2H6/c1-18-9-11-21(12-10-18)23-7-6-8-24-25(23)17-29(26(24)30)22-15-13-20(14-16-22)19(2)27(31)32-28(3,4)5;1-2/h6-16,19H,17H2,1-5H3;1-2H3. The molecule has 0 saturated carbocycles. The number of nitrogens with zero attached hydrogens (tertiary/aromatic N) is 1. The third kappa shape index (κ3) is 5.39. The summed E-state index contributed by atoms with van der Waals surface area (Å²) in [5, 5.41) is 0. The maximum atomic E-state index is 13.2. The summed E-state index contributed by atoms with van der Waals surface area (Å²) in [4.78, 5) is 27.4. The van der Waals surface area contributed by atoms with E-state index >= 15 is 0 Å². The summed E-state index contributed by atoms with van der Waals surface area (Å²) in [6, 6.07) is 21.9. The number of hydrogen-bond donors (Lipinski definition) is 0. The Bertz CT molecular complexity index is 1160. The molecular formula is C30H35NO3. The average molecular weight is 458 g/mol. The van der Waals surface area contributed by atoms with Crippen molar-refractivity contribution in [1.29, 1.82) is 0 Å². The van der Waals surface area contributed by atoms with Gasteiger partial charge in [-0.1, -0.05) is 67.9 Å². The van der Waals surface area contributed by atoms with Crippen LogP contribution in [0.1, 0.15) is 74.5 Å². The second-order valence-electron chi connectivity index (χ2n) is 9.44. The summed E-state index contributed by atoms with van der Waals surface area (Å²) in [7, 11) is 0. The molecule has 0 aliphatic carbocycles. The van der Waals surface area contributed by atoms with Crippen molar-refractivity contribution in [2.45, 2.75) is 66.5 Å². The van der Waals surface area contributed by atoms with Crippen LogP contribution in [0.4, 0.5) is 5.69 Å². The van der Waals surface area contributed by atoms with Crippen molar-refractivity contribution in [3.05, 3.63) is 89.0 Å². The second-order valence-corrected chi connectivity index (χ2v) is 9.44. The summed E-state index contributed by atoms with van der Waals surface area (Å²) in [6.45, 7) is 14.0. The average Bonchev–Trinajstić information content (AvgIpc) is 3.16. The van der Waals surface area contributed by atoms with Crippen molar-refractivity contribution in [3.63, 3.8) is 0 Å². The van der Waals surface area contributed by atoms with E-state index in [2.05, 4.69) is 37.3 Å². The van der Waals surface area contributed by atoms with Crippen LogP contribution < -0.4 is 4.90 Å². The molecule has 0 bridgehead atoms. The van der Waals surface area contributed by atoms with Gasteiger partial charge in [-0.25, -0.2) is 0 Å². The summed E-state index contributed by atoms with van der Waals surface area (Å²) < 4.78 is 5.50. The van der Waals surface area contributed by atoms with E-state index in [4.69, 9.17) is 4.74 Å². The van der Waals surface area contributed by atoms with Crippen molar-refractivity contribution < 1.29 is 14.3 Å². The summed E-state index contributed by atoms with van der Waals surface area (Å²) in [5.74, 6) is -0.623. The molecule has 0 saturated heterocycles. The highest BCUT2D eigenvalue weighted by Gasteiger charge is 2.31. The molecule has 0 radical (unpaired) electrons. The van der Waals surface area contributed by atoms with E-state index in [0.717, 1.165) is 33.5 Å². The molecule has 1 amide bonds. The molecule has 0 aromatic heterocycles. The highest BCUT2D eigenvalue weighted by Crippen LogP contribution is 2.35. The lowest BCUT2D eigenvalue weighted by molar-refractivity contribution is -0.156. The molecule has 34 heavy (non-hydrogen) atoms. The van der Waals surface area contributed by atoms with Crippen LogP contribution in [-0.4, -0.2) is 17.5 Å². The van der Waals surface area contributed by atoms with Crippen LogP contribution in [0.15, 0.2) is 66.7 Å². The van der Waals surface area contributed by atoms with Gasteiger partial charge in [-0.15, -0.1) is 0 Å². The number of ether oxygens (including phenoxy) is 1. The molecule has 178 valence electrons. The molecule has 0 N–H and O–H groups in total. The topological polar surface area (TPSA) is 46.6 Å². The van der Waals surface area contributed by atoms with Crippen molar-refractivity contribution in [2.75, 3.05) is 4.90 Å². The van der Waals surface area contributed by atoms with Gasteiger partial charge in [-0.2, -0.15) is 0 Å². The number of hydrogen-bond acceptors (Lipinski definition) is 3. The molecule has 3 aromatic carbocycles. The van der Waals surface area contributed by atoms with Gasteiger partial charge >= 0.3 is 5.97 Å². The van der Waals surface area contributed by atoms with E-state index in [1.54, 1.807) is 4.90 Å². The highest BCUT2D eigenvalue weighted by molar-refractivity contribution is 6.11. The molecule has 1 heterocycles. The van der Waals surface area contributed by atoms with Crippen LogP contribution in [0.2, 0.25) is 0 Å². The number of anilines is 1. The third-order valence-electron chi connectivity index (χ3n) is 5.80. The Morgan fingerprint density at radius 1 is 0.912 bits per heavy atom. The molecule has 4 nitrogen and oxygen atoms in total. The van der Waals surface area contributed by atoms with Crippen LogP contribution in [0, 0.1) is 6.92 Å². The van der Waals surface area contributed by atoms with Gasteiger partial charge < -0.3 is 9.64 Å². The van der Waals surface area contributed by atoms with E-state index in [-0.39, 0.29) is 17.8 Å². The number of amides is 1. The Hall–Kier alpha value is -3.40. The SMILES string of the molecule is CC.Cc1ccc(-c2cccc3c2CN(c2ccc(C(C)C(=O)OC(C)(C)C)cc2)C3=O)cc1. The van der Waals surface area contributed by atoms with E-state index in [1.807, 2.05) is 77.9 Å². The fourth-order valence-electron chi connectivity index (χ4n) is 4.01. The largest absolute Gasteiger partial charge is 0.460 e. The number of aryl methyl sites for hydroxylation is 1. The maximum absolute atomic E-state index is 13.2. The minimum Gasteiger partial charge on any atom is -0.460 e. The zero-order chi connectivity index (χ0) is 25.0. The van der Waals surface area contributed by atoms with Gasteiger partial charge in [0.15, 0.2) is 0 Å². The lowest BCUT2D eigenvalue weighted by Gasteiger charge is -2.23. The van der Waals surface area contributed by atoms with Crippen LogP contribution in [-0.2, 0) is 16.1 Å². The van der Waals surface area contributed by atoms with Gasteiger partial charge in [0.2, 0.25) is 0 Å². The smallest absolute Gasteiger partial charge is 0.313 e. The number of rotatable bonds is 4. The van der Waals surface area contributed by atoms with Crippen molar-refractivity contribution >= 4 is 17.6 Å². The molecule has 3 aromatic rings. The van der Waals surface area contributed by atoms with Crippen LogP contribution in [0.3, 0.4) is 0 Å². The number of benzene rings is 3. The van der Waals surface area contributed by atoms with Gasteiger partial charge in [0.25, 0.3) is 5.91 Å². The number of esters is 1. The van der Waals surface area contributed by atoms with Gasteiger partial charge in [-0.3, -0.25) is 9.59 Å². The van der Waals surface area contributed by atoms with Gasteiger partial charge in [0, 0.05) is 11.3 Å². The number of fused-ring (bicyclic) bond motifs is 1. The minimum absolute atomic E-state index is 0.00176. The number of carbonyl (C=O) groups excluding carboxylic acids is 2. The first-order chi connectivity index (χ1) is 16.1. The molecule has 1 atom stereocenters. The molecule has 1 aliphatic heterocycles. The first-order valence-corrected chi connectivity index (χ1v) is 12.0. The van der Waals surface area contributed by atoms with Crippen molar-refractivity contribution in [2.24, 2.45) is 0 Å². The van der Waals surface area contributed by atoms with E-state index < -0.39 is 5.60 Å². The van der Waals surface area contributed by atoms with Crippen molar-refractivity contribution in [3.8, 4) is 11.1 Å². The Morgan fingerprint density at radius 2 is 1.50 bits per heavy atom. The lowest BCUT2D eigenvalue weighted by Crippen LogP contribution is -2.27. The zero-order valence-corrected chi connectivity index (χ0v) is 21.3. The predicted octanol–water partition coefficient (Wildman–Crippen LogP) is 7.29. The Kier molecular flexibility index (Phi) is 7.61. The number of carbonyl (C=O) groups is 2. The second kappa shape index (κ2) is 10.3. The highest BCUT2D eigenvalue weighted by atomic mass is 16.6. The maximum Gasteiger partial charge on any atom is 0.313 e. The first kappa shape index (κ1) is 25.2. The summed E-state index contributed by atoms with van der Waals surface area (Å²) in [5.41, 5.74) is 6.38. The molecule has 1 unspecified atom stereocenters. The summed E-state index contributed by atoms with van der Waals surface area (Å²) in [6.07, 6.45) is 0. The molecule has 0 fully saturated rings. The Morgan fingerprint density at radius 3 is 2.09 bits per heavy atom. The quantitative estimate of drug-likeness (QED) is 0.386. The molecule has 0 spiro atoms. The monoisotopic (exact) mass is 457 g/mol. The fraction of sp³-hybridized carbons (Fsp3) is 0.333. The lowest BCUT2D eigenvalue weighted by atomic mass is 9.96. The van der Waals surface area contributed by atoms with Gasteiger partial charge in [-0.05, 0) is 75.1 Å². The van der Waals surface area contributed by atoms with Crippen LogP contribution in [0.5, 0.6) is 0 Å². The van der Waals surface area contributed by atoms with Crippen LogP contribution in [0.25, 0.3) is 11.1 Å². The first-order valence-electron chi connectivity index (χ1n) is 12.0. The third-order valence-corrected chi connectivity index (χ3v) is 5.80. The Balaban J connectivity index is 0.00000158. The van der Waals surface area contributed by atoms with Gasteiger partial charge in [0.05, 0.1) is 12.5 Å². The summed E-state index contributed by atoms with van der Waals surface area (Å²) >= 11 is 0. The van der Waals surface area contributed by atoms with E-state index in [1.165, 1.54) is 5.56 Å². The molecule has 1 aliphatic rings. The van der Waals surface area contributed by atoms with Crippen molar-refractivity contribution in [1.82, 2.24) is 0 Å². The normalized spacial score (nSPS) is 13.6. The predicted molar refractivity (Wildman–Crippen MR) is 139 cm³/mol. The molecule has 4 rings (SSSR count). The van der Waals surface area contributed by atoms with Gasteiger partial charge in [0.1, 0.15) is 5.60 Å². The molecular weight excluding hydrogens is 422 g/mol.